The van der Waals surface area contributed by atoms with Gasteiger partial charge >= 0.3 is 29.6 Å². The molecule has 0 saturated heterocycles. The van der Waals surface area contributed by atoms with Crippen LogP contribution >= 0.6 is 11.6 Å². The second-order valence-corrected chi connectivity index (χ2v) is 1.90. The first-order valence-corrected chi connectivity index (χ1v) is 3.06. The van der Waals surface area contributed by atoms with Crippen LogP contribution in [0.5, 0.6) is 0 Å². The van der Waals surface area contributed by atoms with Gasteiger partial charge in [0.05, 0.1) is 0 Å². The fraction of sp³-hybridized carbons (Fsp3) is 0.800. The predicted octanol–water partition coefficient (Wildman–Crippen LogP) is -2.85. The molecule has 0 N–H and O–H groups in total. The Morgan fingerprint density at radius 3 is 2.33 bits per heavy atom. The third-order valence-electron chi connectivity index (χ3n) is 0.765. The van der Waals surface area contributed by atoms with E-state index in [0.29, 0.717) is 12.3 Å². The average molecular weight is 159 g/mol. The number of rotatable bonds is 4. The molecular weight excluding hydrogens is 150 g/mol. The molecule has 4 heteroatoms. The van der Waals surface area contributed by atoms with E-state index >= 15 is 0 Å². The van der Waals surface area contributed by atoms with Crippen molar-refractivity contribution in [3.63, 3.8) is 0 Å². The van der Waals surface area contributed by atoms with Gasteiger partial charge in [-0.2, -0.15) is 0 Å². The zero-order valence-corrected chi connectivity index (χ0v) is 8.28. The van der Waals surface area contributed by atoms with Crippen LogP contribution in [0, 0.1) is 0 Å². The summed E-state index contributed by atoms with van der Waals surface area (Å²) in [6.07, 6.45) is 1.52. The minimum absolute atomic E-state index is 0. The molecule has 0 aliphatic heterocycles. The first-order valence-electron chi connectivity index (χ1n) is 2.53. The molecule has 0 amide bonds. The van der Waals surface area contributed by atoms with Gasteiger partial charge in [0.2, 0.25) is 0 Å². The van der Waals surface area contributed by atoms with Crippen LogP contribution in [0.4, 0.5) is 0 Å². The number of carbonyl (C=O) groups excluding carboxylic acids is 1. The topological polar surface area (TPSA) is 40.1 Å². The van der Waals surface area contributed by atoms with Crippen molar-refractivity contribution in [2.75, 3.05) is 5.88 Å². The Kier molecular flexibility index (Phi) is 12.1. The third-order valence-corrected chi connectivity index (χ3v) is 1.03. The van der Waals surface area contributed by atoms with E-state index in [1.165, 1.54) is 0 Å². The van der Waals surface area contributed by atoms with E-state index < -0.39 is 5.97 Å². The van der Waals surface area contributed by atoms with E-state index in [-0.39, 0.29) is 36.0 Å². The molecule has 0 unspecified atom stereocenters. The molecule has 0 aliphatic rings. The van der Waals surface area contributed by atoms with Crippen molar-refractivity contribution in [2.24, 2.45) is 0 Å². The summed E-state index contributed by atoms with van der Waals surface area (Å²) in [7, 11) is 0. The Labute approximate surface area is 81.9 Å². The Balaban J connectivity index is 0. The second-order valence-electron chi connectivity index (χ2n) is 1.52. The van der Waals surface area contributed by atoms with Gasteiger partial charge in [0.25, 0.3) is 0 Å². The number of halogens is 1. The number of carbonyl (C=O) groups is 1. The molecule has 0 radical (unpaired) electrons. The molecule has 0 aromatic carbocycles. The Bertz CT molecular complexity index is 77.4. The fourth-order valence-electron chi connectivity index (χ4n) is 0.364. The Morgan fingerprint density at radius 1 is 1.44 bits per heavy atom. The number of unbranched alkanes of at least 4 members (excludes halogenated alkanes) is 1. The van der Waals surface area contributed by atoms with Crippen LogP contribution in [-0.4, -0.2) is 11.8 Å². The average Bonchev–Trinajstić information content (AvgIpc) is 1.66. The van der Waals surface area contributed by atoms with Crippen LogP contribution in [0.1, 0.15) is 19.3 Å². The van der Waals surface area contributed by atoms with Crippen LogP contribution in [0.3, 0.4) is 0 Å². The van der Waals surface area contributed by atoms with Gasteiger partial charge in [-0.05, 0) is 19.3 Å². The maximum absolute atomic E-state index is 9.72. The molecule has 0 bridgehead atoms. The van der Waals surface area contributed by atoms with Crippen LogP contribution in [0.25, 0.3) is 0 Å². The first-order chi connectivity index (χ1) is 3.77. The van der Waals surface area contributed by atoms with Gasteiger partial charge in [0, 0.05) is 11.8 Å². The van der Waals surface area contributed by atoms with E-state index in [2.05, 4.69) is 0 Å². The summed E-state index contributed by atoms with van der Waals surface area (Å²) in [6, 6.07) is 0. The van der Waals surface area contributed by atoms with E-state index in [1.807, 2.05) is 0 Å². The Morgan fingerprint density at radius 2 is 2.00 bits per heavy atom. The monoisotopic (exact) mass is 158 g/mol. The third kappa shape index (κ3) is 12.1. The summed E-state index contributed by atoms with van der Waals surface area (Å²) in [6.45, 7) is 0. The van der Waals surface area contributed by atoms with Crippen molar-refractivity contribution in [1.29, 1.82) is 0 Å². The molecule has 0 fully saturated rings. The van der Waals surface area contributed by atoms with E-state index in [9.17, 15) is 9.90 Å². The molecule has 0 saturated carbocycles. The molecule has 0 aromatic rings. The molecule has 0 aliphatic carbocycles. The molecule has 0 rings (SSSR count). The number of carboxylic acids is 1. The van der Waals surface area contributed by atoms with Crippen molar-refractivity contribution < 1.29 is 39.5 Å². The number of hydrogen-bond donors (Lipinski definition) is 0. The minimum Gasteiger partial charge on any atom is -0.550 e. The minimum atomic E-state index is -0.991. The summed E-state index contributed by atoms with van der Waals surface area (Å²) in [5.41, 5.74) is 0. The quantitative estimate of drug-likeness (QED) is 0.251. The van der Waals surface area contributed by atoms with Crippen molar-refractivity contribution in [1.82, 2.24) is 0 Å². The summed E-state index contributed by atoms with van der Waals surface area (Å²) in [5.74, 6) is -0.456. The zero-order chi connectivity index (χ0) is 6.41. The molecule has 0 heterocycles. The fourth-order valence-corrected chi connectivity index (χ4v) is 0.553. The molecular formula is C5H8ClNaO2. The number of carboxylic acid groups (broad SMARTS) is 1. The van der Waals surface area contributed by atoms with Gasteiger partial charge in [-0.3, -0.25) is 0 Å². The maximum atomic E-state index is 9.72. The second kappa shape index (κ2) is 8.76. The van der Waals surface area contributed by atoms with Gasteiger partial charge in [-0.1, -0.05) is 0 Å². The number of aliphatic carboxylic acids is 1. The molecule has 0 spiro atoms. The molecule has 2 nitrogen and oxygen atoms in total. The summed E-state index contributed by atoms with van der Waals surface area (Å²) in [5, 5.41) is 9.72. The van der Waals surface area contributed by atoms with Gasteiger partial charge in [-0.25, -0.2) is 0 Å². The van der Waals surface area contributed by atoms with Crippen molar-refractivity contribution >= 4 is 17.6 Å². The standard InChI is InChI=1S/C5H9ClO2.Na/c6-4-2-1-3-5(7)8;/h1-4H2,(H,7,8);/q;+1/p-1. The van der Waals surface area contributed by atoms with Gasteiger partial charge in [0.1, 0.15) is 0 Å². The van der Waals surface area contributed by atoms with Crippen LogP contribution < -0.4 is 34.7 Å². The Hall–Kier alpha value is 0.760. The van der Waals surface area contributed by atoms with Gasteiger partial charge in [0.15, 0.2) is 0 Å². The van der Waals surface area contributed by atoms with Crippen LogP contribution in [0.2, 0.25) is 0 Å². The van der Waals surface area contributed by atoms with Gasteiger partial charge < -0.3 is 9.90 Å². The first kappa shape index (κ1) is 12.4. The van der Waals surface area contributed by atoms with Crippen LogP contribution in [0.15, 0.2) is 0 Å². The summed E-state index contributed by atoms with van der Waals surface area (Å²) in [4.78, 5) is 9.72. The van der Waals surface area contributed by atoms with E-state index in [1.54, 1.807) is 0 Å². The molecule has 48 valence electrons. The van der Waals surface area contributed by atoms with Crippen molar-refractivity contribution in [3.05, 3.63) is 0 Å². The summed E-state index contributed by atoms with van der Waals surface area (Å²) < 4.78 is 0. The zero-order valence-electron chi connectivity index (χ0n) is 5.52. The van der Waals surface area contributed by atoms with Crippen molar-refractivity contribution in [2.45, 2.75) is 19.3 Å². The summed E-state index contributed by atoms with van der Waals surface area (Å²) >= 11 is 5.27. The molecule has 0 aromatic heterocycles. The molecule has 0 atom stereocenters. The number of hydrogen-bond acceptors (Lipinski definition) is 2. The largest absolute Gasteiger partial charge is 1.00 e. The smallest absolute Gasteiger partial charge is 0.550 e. The van der Waals surface area contributed by atoms with Crippen LogP contribution in [-0.2, 0) is 4.79 Å². The van der Waals surface area contributed by atoms with Gasteiger partial charge in [-0.15, -0.1) is 11.6 Å². The van der Waals surface area contributed by atoms with E-state index in [4.69, 9.17) is 11.6 Å². The van der Waals surface area contributed by atoms with Crippen molar-refractivity contribution in [3.8, 4) is 0 Å². The molecule has 9 heavy (non-hydrogen) atoms. The maximum Gasteiger partial charge on any atom is 1.00 e. The normalized spacial score (nSPS) is 8.11. The SMILES string of the molecule is O=C([O-])CCCCCl.[Na+]. The van der Waals surface area contributed by atoms with E-state index in [0.717, 1.165) is 6.42 Å². The predicted molar refractivity (Wildman–Crippen MR) is 29.6 cm³/mol. The number of alkyl halides is 1.